The Morgan fingerprint density at radius 1 is 1.32 bits per heavy atom. The first kappa shape index (κ1) is 16.5. The number of aryl methyl sites for hydroxylation is 1. The van der Waals surface area contributed by atoms with Crippen molar-refractivity contribution in [3.8, 4) is 0 Å². The molecule has 1 aromatic heterocycles. The summed E-state index contributed by atoms with van der Waals surface area (Å²) in [5, 5.41) is 2.30. The molecule has 0 radical (unpaired) electrons. The zero-order chi connectivity index (χ0) is 16.3. The average molecular weight is 339 g/mol. The predicted octanol–water partition coefficient (Wildman–Crippen LogP) is 3.17. The van der Waals surface area contributed by atoms with Crippen molar-refractivity contribution in [2.24, 2.45) is 0 Å². The lowest BCUT2D eigenvalue weighted by atomic mass is 10.0. The van der Waals surface area contributed by atoms with Crippen LogP contribution in [0.3, 0.4) is 0 Å². The number of aromatic nitrogens is 1. The lowest BCUT2D eigenvalue weighted by molar-refractivity contribution is 0.108. The van der Waals surface area contributed by atoms with Crippen molar-refractivity contribution in [3.05, 3.63) is 47.7 Å². The van der Waals surface area contributed by atoms with Crippen molar-refractivity contribution in [2.45, 2.75) is 18.2 Å². The molecule has 5 nitrogen and oxygen atoms in total. The summed E-state index contributed by atoms with van der Waals surface area (Å²) in [6.45, 7) is 1.86. The van der Waals surface area contributed by atoms with Gasteiger partial charge in [0.1, 0.15) is 5.82 Å². The lowest BCUT2D eigenvalue weighted by Crippen LogP contribution is -2.08. The minimum Gasteiger partial charge on any atom is -0.339 e. The van der Waals surface area contributed by atoms with E-state index in [1.807, 2.05) is 6.92 Å². The topological polar surface area (TPSA) is 76.1 Å². The smallest absolute Gasteiger partial charge is 0.252 e. The van der Waals surface area contributed by atoms with E-state index in [9.17, 15) is 13.2 Å². The third kappa shape index (κ3) is 3.64. The summed E-state index contributed by atoms with van der Waals surface area (Å²) < 4.78 is 24.0. The fraction of sp³-hybridized carbons (Fsp3) is 0.200. The number of carbonyl (C=O) groups excluding carboxylic acids is 1. The van der Waals surface area contributed by atoms with Gasteiger partial charge < -0.3 is 5.32 Å². The van der Waals surface area contributed by atoms with E-state index >= 15 is 0 Å². The van der Waals surface area contributed by atoms with Gasteiger partial charge in [0.15, 0.2) is 9.84 Å². The van der Waals surface area contributed by atoms with Crippen molar-refractivity contribution >= 4 is 38.2 Å². The van der Waals surface area contributed by atoms with Crippen LogP contribution in [0.4, 0.5) is 11.5 Å². The summed E-state index contributed by atoms with van der Waals surface area (Å²) in [5.41, 5.74) is 1.25. The van der Waals surface area contributed by atoms with E-state index in [0.717, 1.165) is 6.26 Å². The number of halogens is 1. The summed E-state index contributed by atoms with van der Waals surface area (Å²) in [5.74, 6) is 0.513. The number of nitrogens with one attached hydrogen (secondary N) is 1. The number of sulfone groups is 1. The van der Waals surface area contributed by atoms with E-state index in [4.69, 9.17) is 11.6 Å². The van der Waals surface area contributed by atoms with E-state index in [0.29, 0.717) is 23.5 Å². The molecule has 2 aromatic rings. The van der Waals surface area contributed by atoms with E-state index in [2.05, 4.69) is 10.3 Å². The first-order valence-corrected chi connectivity index (χ1v) is 8.84. The molecule has 0 saturated heterocycles. The second kappa shape index (κ2) is 6.46. The van der Waals surface area contributed by atoms with Crippen LogP contribution in [0.5, 0.6) is 0 Å². The van der Waals surface area contributed by atoms with Crippen LogP contribution in [0.1, 0.15) is 22.8 Å². The van der Waals surface area contributed by atoms with Crippen molar-refractivity contribution in [1.82, 2.24) is 4.98 Å². The number of anilines is 2. The van der Waals surface area contributed by atoms with Crippen molar-refractivity contribution in [1.29, 1.82) is 0 Å². The van der Waals surface area contributed by atoms with Gasteiger partial charge in [-0.3, -0.25) is 4.79 Å². The molecular weight excluding hydrogens is 324 g/mol. The van der Waals surface area contributed by atoms with E-state index in [1.54, 1.807) is 30.5 Å². The minimum atomic E-state index is -3.54. The van der Waals surface area contributed by atoms with Crippen LogP contribution < -0.4 is 5.32 Å². The maximum absolute atomic E-state index is 12.0. The van der Waals surface area contributed by atoms with Crippen LogP contribution in [0.2, 0.25) is 0 Å². The molecule has 0 bridgehead atoms. The summed E-state index contributed by atoms with van der Waals surface area (Å²) in [6.07, 6.45) is 3.23. The Hall–Kier alpha value is -1.92. The van der Waals surface area contributed by atoms with Crippen molar-refractivity contribution in [2.75, 3.05) is 11.6 Å². The molecule has 7 heteroatoms. The molecule has 116 valence electrons. The molecule has 2 rings (SSSR count). The highest BCUT2D eigenvalue weighted by atomic mass is 35.5. The highest BCUT2D eigenvalue weighted by molar-refractivity contribution is 7.90. The van der Waals surface area contributed by atoms with Gasteiger partial charge in [0.25, 0.3) is 5.24 Å². The first-order valence-electron chi connectivity index (χ1n) is 6.57. The molecular formula is C15H15ClN2O3S. The van der Waals surface area contributed by atoms with Crippen molar-refractivity contribution < 1.29 is 13.2 Å². The number of hydrogen-bond acceptors (Lipinski definition) is 5. The fourth-order valence-electron chi connectivity index (χ4n) is 2.08. The third-order valence-corrected chi connectivity index (χ3v) is 4.47. The molecule has 0 aliphatic rings. The number of carbonyl (C=O) groups is 1. The van der Waals surface area contributed by atoms with Gasteiger partial charge >= 0.3 is 0 Å². The maximum atomic E-state index is 12.0. The van der Waals surface area contributed by atoms with Gasteiger partial charge in [-0.05, 0) is 47.9 Å². The minimum absolute atomic E-state index is 0.0133. The standard InChI is InChI=1S/C15H15ClN2O3S/c1-3-10-8-12(18-14-6-4-5-7-17-14)13(22(2,20)21)9-11(10)15(16)19/h4-9H,3H2,1-2H3,(H,17,18). The first-order chi connectivity index (χ1) is 10.3. The second-order valence-corrected chi connectivity index (χ2v) is 7.07. The Morgan fingerprint density at radius 2 is 2.05 bits per heavy atom. The molecule has 0 atom stereocenters. The number of benzene rings is 1. The third-order valence-electron chi connectivity index (χ3n) is 3.13. The quantitative estimate of drug-likeness (QED) is 0.847. The number of rotatable bonds is 5. The van der Waals surface area contributed by atoms with Crippen LogP contribution in [-0.4, -0.2) is 24.9 Å². The maximum Gasteiger partial charge on any atom is 0.252 e. The van der Waals surface area contributed by atoms with Crippen LogP contribution in [0.25, 0.3) is 0 Å². The molecule has 0 aliphatic heterocycles. The molecule has 0 spiro atoms. The van der Waals surface area contributed by atoms with Gasteiger partial charge in [-0.15, -0.1) is 0 Å². The largest absolute Gasteiger partial charge is 0.339 e. The van der Waals surface area contributed by atoms with Crippen LogP contribution in [-0.2, 0) is 16.3 Å². The molecule has 0 aliphatic carbocycles. The van der Waals surface area contributed by atoms with Gasteiger partial charge in [0.05, 0.1) is 10.6 Å². The molecule has 22 heavy (non-hydrogen) atoms. The predicted molar refractivity (Wildman–Crippen MR) is 86.6 cm³/mol. The molecule has 1 aromatic carbocycles. The number of nitrogens with zero attached hydrogens (tertiary/aromatic N) is 1. The average Bonchev–Trinajstić information content (AvgIpc) is 2.46. The highest BCUT2D eigenvalue weighted by Crippen LogP contribution is 2.29. The molecule has 0 unspecified atom stereocenters. The Bertz CT molecular complexity index is 805. The van der Waals surface area contributed by atoms with Gasteiger partial charge in [-0.25, -0.2) is 13.4 Å². The Kier molecular flexibility index (Phi) is 4.83. The Labute approximate surface area is 134 Å². The molecule has 0 fully saturated rings. The second-order valence-electron chi connectivity index (χ2n) is 4.74. The normalized spacial score (nSPS) is 11.2. The summed E-state index contributed by atoms with van der Waals surface area (Å²) in [4.78, 5) is 15.6. The Morgan fingerprint density at radius 3 is 2.55 bits per heavy atom. The number of hydrogen-bond donors (Lipinski definition) is 1. The Balaban J connectivity index is 2.63. The van der Waals surface area contributed by atoms with Gasteiger partial charge in [0.2, 0.25) is 0 Å². The van der Waals surface area contributed by atoms with E-state index in [-0.39, 0.29) is 10.5 Å². The summed E-state index contributed by atoms with van der Waals surface area (Å²) >= 11 is 5.56. The molecule has 0 saturated carbocycles. The summed E-state index contributed by atoms with van der Waals surface area (Å²) in [7, 11) is -3.54. The molecule has 1 heterocycles. The van der Waals surface area contributed by atoms with Gasteiger partial charge in [-0.2, -0.15) is 0 Å². The summed E-state index contributed by atoms with van der Waals surface area (Å²) in [6, 6.07) is 8.20. The number of pyridine rings is 1. The monoisotopic (exact) mass is 338 g/mol. The van der Waals surface area contributed by atoms with Crippen LogP contribution >= 0.6 is 11.6 Å². The van der Waals surface area contributed by atoms with Crippen LogP contribution in [0, 0.1) is 0 Å². The lowest BCUT2D eigenvalue weighted by Gasteiger charge is -2.14. The highest BCUT2D eigenvalue weighted by Gasteiger charge is 2.19. The SMILES string of the molecule is CCc1cc(Nc2ccccn2)c(S(C)(=O)=O)cc1C(=O)Cl. The van der Waals surface area contributed by atoms with Gasteiger partial charge in [0, 0.05) is 18.0 Å². The fourth-order valence-corrected chi connectivity index (χ4v) is 3.10. The van der Waals surface area contributed by atoms with Gasteiger partial charge in [-0.1, -0.05) is 13.0 Å². The van der Waals surface area contributed by atoms with Crippen LogP contribution in [0.15, 0.2) is 41.4 Å². The molecule has 1 N–H and O–H groups in total. The van der Waals surface area contributed by atoms with E-state index < -0.39 is 15.1 Å². The van der Waals surface area contributed by atoms with Crippen molar-refractivity contribution in [3.63, 3.8) is 0 Å². The zero-order valence-corrected chi connectivity index (χ0v) is 13.7. The van der Waals surface area contributed by atoms with E-state index in [1.165, 1.54) is 6.07 Å². The molecule has 0 amide bonds. The zero-order valence-electron chi connectivity index (χ0n) is 12.1.